The number of phenolic OH excluding ortho intramolecular Hbond substituents is 1. The molecular weight excluding hydrogens is 211 g/mol. The SMILES string of the molecule is Oc1ccc(OCc2ccccc2)cc1.[H-].[Na+]. The number of benzene rings is 2. The molecule has 0 heterocycles. The monoisotopic (exact) mass is 224 g/mol. The van der Waals surface area contributed by atoms with Crippen molar-refractivity contribution >= 4 is 0 Å². The van der Waals surface area contributed by atoms with Gasteiger partial charge in [-0.15, -0.1) is 0 Å². The minimum atomic E-state index is 0. The molecule has 0 amide bonds. The summed E-state index contributed by atoms with van der Waals surface area (Å²) in [5.74, 6) is 1.01. The first-order chi connectivity index (χ1) is 7.34. The van der Waals surface area contributed by atoms with Gasteiger partial charge in [-0.05, 0) is 29.8 Å². The summed E-state index contributed by atoms with van der Waals surface area (Å²) in [6.45, 7) is 0.547. The molecule has 0 aliphatic carbocycles. The molecule has 0 fully saturated rings. The zero-order valence-corrected chi connectivity index (χ0v) is 11.3. The summed E-state index contributed by atoms with van der Waals surface area (Å²) in [7, 11) is 0. The third-order valence-corrected chi connectivity index (χ3v) is 2.09. The fraction of sp³-hybridized carbons (Fsp3) is 0.0769. The fourth-order valence-corrected chi connectivity index (χ4v) is 1.28. The summed E-state index contributed by atoms with van der Waals surface area (Å²) >= 11 is 0. The smallest absolute Gasteiger partial charge is 1.00 e. The predicted molar refractivity (Wildman–Crippen MR) is 60.0 cm³/mol. The molecule has 0 unspecified atom stereocenters. The van der Waals surface area contributed by atoms with Crippen LogP contribution in [0.25, 0.3) is 0 Å². The van der Waals surface area contributed by atoms with Crippen LogP contribution in [0.15, 0.2) is 54.6 Å². The van der Waals surface area contributed by atoms with Gasteiger partial charge < -0.3 is 11.3 Å². The van der Waals surface area contributed by atoms with Gasteiger partial charge in [0.05, 0.1) is 0 Å². The van der Waals surface area contributed by atoms with E-state index in [1.165, 1.54) is 0 Å². The number of phenols is 1. The van der Waals surface area contributed by atoms with Crippen molar-refractivity contribution in [2.45, 2.75) is 6.61 Å². The second kappa shape index (κ2) is 6.59. The molecule has 0 saturated heterocycles. The largest absolute Gasteiger partial charge is 1.00 e. The Bertz CT molecular complexity index is 417. The van der Waals surface area contributed by atoms with Crippen LogP contribution in [0.3, 0.4) is 0 Å². The standard InChI is InChI=1S/C13H12O2.Na.H/c14-12-6-8-13(9-7-12)15-10-11-4-2-1-3-5-11;;/h1-9,14H,10H2;;/q;+1;-1. The zero-order valence-electron chi connectivity index (χ0n) is 10.3. The Kier molecular flexibility index (Phi) is 5.39. The zero-order chi connectivity index (χ0) is 10.5. The topological polar surface area (TPSA) is 29.5 Å². The number of hydrogen-bond donors (Lipinski definition) is 1. The molecule has 1 N–H and O–H groups in total. The molecule has 0 bridgehead atoms. The van der Waals surface area contributed by atoms with Gasteiger partial charge in [-0.1, -0.05) is 30.3 Å². The quantitative estimate of drug-likeness (QED) is 0.749. The third kappa shape index (κ3) is 3.89. The summed E-state index contributed by atoms with van der Waals surface area (Å²) < 4.78 is 5.54. The van der Waals surface area contributed by atoms with Gasteiger partial charge >= 0.3 is 29.6 Å². The minimum Gasteiger partial charge on any atom is -1.00 e. The molecule has 2 aromatic rings. The van der Waals surface area contributed by atoms with E-state index < -0.39 is 0 Å². The second-order valence-corrected chi connectivity index (χ2v) is 3.27. The van der Waals surface area contributed by atoms with Crippen molar-refractivity contribution in [1.29, 1.82) is 0 Å². The van der Waals surface area contributed by atoms with E-state index in [9.17, 15) is 0 Å². The van der Waals surface area contributed by atoms with Crippen LogP contribution in [0.1, 0.15) is 6.99 Å². The van der Waals surface area contributed by atoms with E-state index in [0.717, 1.165) is 11.3 Å². The van der Waals surface area contributed by atoms with Gasteiger partial charge in [0.25, 0.3) is 0 Å². The average molecular weight is 224 g/mol. The number of hydrogen-bond acceptors (Lipinski definition) is 2. The van der Waals surface area contributed by atoms with Gasteiger partial charge in [-0.3, -0.25) is 0 Å². The number of ether oxygens (including phenoxy) is 1. The van der Waals surface area contributed by atoms with Crippen molar-refractivity contribution in [3.05, 3.63) is 60.2 Å². The Hall–Kier alpha value is -0.960. The summed E-state index contributed by atoms with van der Waals surface area (Å²) in [6, 6.07) is 16.7. The van der Waals surface area contributed by atoms with E-state index in [1.54, 1.807) is 24.3 Å². The Labute approximate surface area is 119 Å². The first-order valence-corrected chi connectivity index (χ1v) is 4.80. The molecule has 0 saturated carbocycles. The van der Waals surface area contributed by atoms with Gasteiger partial charge in [0.2, 0.25) is 0 Å². The van der Waals surface area contributed by atoms with Gasteiger partial charge in [-0.2, -0.15) is 0 Å². The van der Waals surface area contributed by atoms with Crippen LogP contribution in [0, 0.1) is 0 Å². The molecule has 0 aliphatic heterocycles. The Morgan fingerprint density at radius 2 is 1.56 bits per heavy atom. The molecule has 2 nitrogen and oxygen atoms in total. The molecule has 78 valence electrons. The van der Waals surface area contributed by atoms with Crippen molar-refractivity contribution in [3.63, 3.8) is 0 Å². The summed E-state index contributed by atoms with van der Waals surface area (Å²) in [5.41, 5.74) is 1.13. The molecule has 16 heavy (non-hydrogen) atoms. The van der Waals surface area contributed by atoms with Crippen molar-refractivity contribution < 1.29 is 40.8 Å². The minimum absolute atomic E-state index is 0. The van der Waals surface area contributed by atoms with Crippen LogP contribution in [0.5, 0.6) is 11.5 Å². The van der Waals surface area contributed by atoms with Crippen LogP contribution in [-0.2, 0) is 6.61 Å². The molecule has 3 heteroatoms. The second-order valence-electron chi connectivity index (χ2n) is 3.27. The van der Waals surface area contributed by atoms with E-state index in [1.807, 2.05) is 30.3 Å². The Morgan fingerprint density at radius 3 is 2.19 bits per heavy atom. The number of rotatable bonds is 3. The van der Waals surface area contributed by atoms with E-state index in [4.69, 9.17) is 9.84 Å². The Balaban J connectivity index is 0.00000128. The molecule has 2 rings (SSSR count). The maximum absolute atomic E-state index is 9.09. The van der Waals surface area contributed by atoms with Crippen molar-refractivity contribution in [1.82, 2.24) is 0 Å². The third-order valence-electron chi connectivity index (χ3n) is 2.09. The molecule has 2 aromatic carbocycles. The predicted octanol–water partition coefficient (Wildman–Crippen LogP) is 0.0877. The fourth-order valence-electron chi connectivity index (χ4n) is 1.28. The number of aromatic hydroxyl groups is 1. The molecule has 0 aliphatic rings. The van der Waals surface area contributed by atoms with Crippen LogP contribution in [-0.4, -0.2) is 5.11 Å². The van der Waals surface area contributed by atoms with Gasteiger partial charge in [0, 0.05) is 0 Å². The van der Waals surface area contributed by atoms with E-state index >= 15 is 0 Å². The molecule has 0 spiro atoms. The van der Waals surface area contributed by atoms with E-state index in [-0.39, 0.29) is 36.7 Å². The van der Waals surface area contributed by atoms with Crippen LogP contribution < -0.4 is 34.3 Å². The van der Waals surface area contributed by atoms with Gasteiger partial charge in [0.15, 0.2) is 0 Å². The van der Waals surface area contributed by atoms with Crippen LogP contribution in [0.4, 0.5) is 0 Å². The van der Waals surface area contributed by atoms with Gasteiger partial charge in [0.1, 0.15) is 18.1 Å². The summed E-state index contributed by atoms with van der Waals surface area (Å²) in [6.07, 6.45) is 0. The van der Waals surface area contributed by atoms with Crippen molar-refractivity contribution in [3.8, 4) is 11.5 Å². The summed E-state index contributed by atoms with van der Waals surface area (Å²) in [4.78, 5) is 0. The average Bonchev–Trinajstić information content (AvgIpc) is 2.30. The van der Waals surface area contributed by atoms with Crippen molar-refractivity contribution in [2.75, 3.05) is 0 Å². The van der Waals surface area contributed by atoms with Gasteiger partial charge in [-0.25, -0.2) is 0 Å². The summed E-state index contributed by atoms with van der Waals surface area (Å²) in [5, 5.41) is 9.09. The van der Waals surface area contributed by atoms with Crippen LogP contribution in [0.2, 0.25) is 0 Å². The molecule has 0 aromatic heterocycles. The van der Waals surface area contributed by atoms with Crippen LogP contribution >= 0.6 is 0 Å². The molecule has 0 atom stereocenters. The maximum Gasteiger partial charge on any atom is 1.00 e. The maximum atomic E-state index is 9.09. The molecule has 0 radical (unpaired) electrons. The van der Waals surface area contributed by atoms with Crippen molar-refractivity contribution in [2.24, 2.45) is 0 Å². The molecular formula is C13H13NaO2. The van der Waals surface area contributed by atoms with E-state index in [2.05, 4.69) is 0 Å². The van der Waals surface area contributed by atoms with E-state index in [0.29, 0.717) is 6.61 Å². The first kappa shape index (κ1) is 13.1. The normalized spacial score (nSPS) is 9.25. The first-order valence-electron chi connectivity index (χ1n) is 4.80. The Morgan fingerprint density at radius 1 is 0.938 bits per heavy atom.